The van der Waals surface area contributed by atoms with E-state index in [1.165, 1.54) is 11.3 Å². The number of amides is 1. The summed E-state index contributed by atoms with van der Waals surface area (Å²) in [6, 6.07) is 0.253. The molecule has 1 fully saturated rings. The van der Waals surface area contributed by atoms with Crippen LogP contribution in [0.1, 0.15) is 41.0 Å². The zero-order valence-electron chi connectivity index (χ0n) is 14.4. The molecule has 0 aliphatic heterocycles. The summed E-state index contributed by atoms with van der Waals surface area (Å²) in [4.78, 5) is 20.0. The standard InChI is InChI=1S/C17H24N4O2S/c1-11-15(24-16(19-11)13-8-18-20(2)9-13)17(23)21(3)14-6-4-12(10-22)5-7-14/h8-9,12,14,22H,4-7,10H2,1-3H3. The molecule has 6 nitrogen and oxygen atoms in total. The SMILES string of the molecule is Cc1nc(-c2cnn(C)c2)sc1C(=O)N(C)C1CCC(CO)CC1. The lowest BCUT2D eigenvalue weighted by molar-refractivity contribution is 0.0656. The average Bonchev–Trinajstić information content (AvgIpc) is 3.19. The molecule has 7 heteroatoms. The normalized spacial score (nSPS) is 21.0. The Bertz CT molecular complexity index is 716. The molecule has 0 unspecified atom stereocenters. The minimum absolute atomic E-state index is 0.0487. The van der Waals surface area contributed by atoms with E-state index >= 15 is 0 Å². The summed E-state index contributed by atoms with van der Waals surface area (Å²) >= 11 is 1.44. The smallest absolute Gasteiger partial charge is 0.265 e. The molecule has 2 aromatic rings. The third-order valence-electron chi connectivity index (χ3n) is 4.89. The van der Waals surface area contributed by atoms with Gasteiger partial charge in [0.15, 0.2) is 0 Å². The number of thiazole rings is 1. The van der Waals surface area contributed by atoms with Crippen molar-refractivity contribution in [3.05, 3.63) is 23.0 Å². The van der Waals surface area contributed by atoms with E-state index in [-0.39, 0.29) is 18.6 Å². The van der Waals surface area contributed by atoms with E-state index in [0.717, 1.165) is 41.9 Å². The van der Waals surface area contributed by atoms with Gasteiger partial charge < -0.3 is 10.0 Å². The van der Waals surface area contributed by atoms with Crippen LogP contribution < -0.4 is 0 Å². The second-order valence-corrected chi connectivity index (χ2v) is 7.61. The van der Waals surface area contributed by atoms with Gasteiger partial charge in [-0.15, -0.1) is 11.3 Å². The first-order chi connectivity index (χ1) is 11.5. The fourth-order valence-corrected chi connectivity index (χ4v) is 4.31. The number of hydrogen-bond acceptors (Lipinski definition) is 5. The molecule has 24 heavy (non-hydrogen) atoms. The predicted octanol–water partition coefficient (Wildman–Crippen LogP) is 2.48. The summed E-state index contributed by atoms with van der Waals surface area (Å²) in [5.74, 6) is 0.444. The van der Waals surface area contributed by atoms with Crippen LogP contribution in [-0.4, -0.2) is 50.4 Å². The Kier molecular flexibility index (Phi) is 5.01. The summed E-state index contributed by atoms with van der Waals surface area (Å²) in [7, 11) is 3.75. The summed E-state index contributed by atoms with van der Waals surface area (Å²) in [6.07, 6.45) is 7.57. The fraction of sp³-hybridized carbons (Fsp3) is 0.588. The Hall–Kier alpha value is -1.73. The maximum Gasteiger partial charge on any atom is 0.265 e. The van der Waals surface area contributed by atoms with Crippen LogP contribution in [0.5, 0.6) is 0 Å². The molecule has 1 aliphatic rings. The molecule has 0 radical (unpaired) electrons. The summed E-state index contributed by atoms with van der Waals surface area (Å²) in [5, 5.41) is 14.3. The van der Waals surface area contributed by atoms with Gasteiger partial charge >= 0.3 is 0 Å². The Balaban J connectivity index is 1.74. The highest BCUT2D eigenvalue weighted by atomic mass is 32.1. The quantitative estimate of drug-likeness (QED) is 0.921. The first kappa shape index (κ1) is 17.1. The van der Waals surface area contributed by atoms with Crippen molar-refractivity contribution >= 4 is 17.2 Å². The molecule has 2 aromatic heterocycles. The Morgan fingerprint density at radius 1 is 1.42 bits per heavy atom. The highest BCUT2D eigenvalue weighted by Crippen LogP contribution is 2.31. The van der Waals surface area contributed by atoms with E-state index < -0.39 is 0 Å². The van der Waals surface area contributed by atoms with Gasteiger partial charge in [-0.1, -0.05) is 0 Å². The number of aryl methyl sites for hydroxylation is 2. The first-order valence-corrected chi connectivity index (χ1v) is 9.15. The number of carbonyl (C=O) groups excluding carboxylic acids is 1. The van der Waals surface area contributed by atoms with E-state index in [0.29, 0.717) is 10.8 Å². The maximum atomic E-state index is 12.9. The summed E-state index contributed by atoms with van der Waals surface area (Å²) in [5.41, 5.74) is 1.72. The van der Waals surface area contributed by atoms with Crippen molar-refractivity contribution in [3.63, 3.8) is 0 Å². The number of rotatable bonds is 4. The minimum Gasteiger partial charge on any atom is -0.396 e. The third kappa shape index (κ3) is 3.37. The van der Waals surface area contributed by atoms with Crippen molar-refractivity contribution in [2.24, 2.45) is 13.0 Å². The largest absolute Gasteiger partial charge is 0.396 e. The van der Waals surface area contributed by atoms with Crippen molar-refractivity contribution in [2.45, 2.75) is 38.6 Å². The summed E-state index contributed by atoms with van der Waals surface area (Å²) < 4.78 is 1.74. The molecule has 1 saturated carbocycles. The van der Waals surface area contributed by atoms with Crippen molar-refractivity contribution in [2.75, 3.05) is 13.7 Å². The highest BCUT2D eigenvalue weighted by molar-refractivity contribution is 7.17. The van der Waals surface area contributed by atoms with Crippen LogP contribution >= 0.6 is 11.3 Å². The van der Waals surface area contributed by atoms with Crippen molar-refractivity contribution in [1.82, 2.24) is 19.7 Å². The molecule has 1 N–H and O–H groups in total. The van der Waals surface area contributed by atoms with E-state index in [2.05, 4.69) is 10.1 Å². The average molecular weight is 348 g/mol. The zero-order chi connectivity index (χ0) is 17.3. The molecule has 1 aliphatic carbocycles. The number of aliphatic hydroxyl groups is 1. The lowest BCUT2D eigenvalue weighted by Gasteiger charge is -2.34. The van der Waals surface area contributed by atoms with Crippen molar-refractivity contribution in [1.29, 1.82) is 0 Å². The summed E-state index contributed by atoms with van der Waals surface area (Å²) in [6.45, 7) is 2.15. The van der Waals surface area contributed by atoms with Gasteiger partial charge in [-0.05, 0) is 38.5 Å². The lowest BCUT2D eigenvalue weighted by atomic mass is 9.86. The number of nitrogens with zero attached hydrogens (tertiary/aromatic N) is 4. The van der Waals surface area contributed by atoms with Gasteiger partial charge in [0.2, 0.25) is 0 Å². The molecular weight excluding hydrogens is 324 g/mol. The Morgan fingerprint density at radius 3 is 2.71 bits per heavy atom. The molecule has 2 heterocycles. The van der Waals surface area contributed by atoms with Crippen molar-refractivity contribution in [3.8, 4) is 10.6 Å². The predicted molar refractivity (Wildman–Crippen MR) is 94.0 cm³/mol. The van der Waals surface area contributed by atoms with Crippen LogP contribution in [0.3, 0.4) is 0 Å². The van der Waals surface area contributed by atoms with Gasteiger partial charge in [-0.25, -0.2) is 4.98 Å². The molecule has 0 aromatic carbocycles. The van der Waals surface area contributed by atoms with Crippen molar-refractivity contribution < 1.29 is 9.90 Å². The van der Waals surface area contributed by atoms with Gasteiger partial charge in [-0.2, -0.15) is 5.10 Å². The molecular formula is C17H24N4O2S. The Morgan fingerprint density at radius 2 is 2.12 bits per heavy atom. The van der Waals surface area contributed by atoms with Gasteiger partial charge in [0.1, 0.15) is 9.88 Å². The van der Waals surface area contributed by atoms with Gasteiger partial charge in [0.05, 0.1) is 11.9 Å². The van der Waals surface area contributed by atoms with Gasteiger partial charge in [0, 0.05) is 38.5 Å². The molecule has 0 saturated heterocycles. The number of hydrogen-bond donors (Lipinski definition) is 1. The lowest BCUT2D eigenvalue weighted by Crippen LogP contribution is -2.39. The molecule has 130 valence electrons. The van der Waals surface area contributed by atoms with Gasteiger partial charge in [-0.3, -0.25) is 9.48 Å². The van der Waals surface area contributed by atoms with Crippen LogP contribution in [-0.2, 0) is 7.05 Å². The minimum atomic E-state index is 0.0487. The monoisotopic (exact) mass is 348 g/mol. The third-order valence-corrected chi connectivity index (χ3v) is 6.08. The number of aliphatic hydroxyl groups excluding tert-OH is 1. The van der Waals surface area contributed by atoms with E-state index in [1.54, 1.807) is 10.9 Å². The molecule has 0 bridgehead atoms. The number of carbonyl (C=O) groups is 1. The fourth-order valence-electron chi connectivity index (χ4n) is 3.29. The Labute approximate surface area is 146 Å². The van der Waals surface area contributed by atoms with E-state index in [9.17, 15) is 9.90 Å². The van der Waals surface area contributed by atoms with E-state index in [4.69, 9.17) is 0 Å². The highest BCUT2D eigenvalue weighted by Gasteiger charge is 2.28. The van der Waals surface area contributed by atoms with E-state index in [1.807, 2.05) is 32.1 Å². The number of aromatic nitrogens is 3. The maximum absolute atomic E-state index is 12.9. The van der Waals surface area contributed by atoms with Gasteiger partial charge in [0.25, 0.3) is 5.91 Å². The second-order valence-electron chi connectivity index (χ2n) is 6.61. The molecule has 0 atom stereocenters. The zero-order valence-corrected chi connectivity index (χ0v) is 15.2. The second kappa shape index (κ2) is 7.03. The molecule has 3 rings (SSSR count). The molecule has 1 amide bonds. The topological polar surface area (TPSA) is 71.2 Å². The first-order valence-electron chi connectivity index (χ1n) is 8.34. The molecule has 0 spiro atoms. The van der Waals surface area contributed by atoms with Crippen LogP contribution in [0.15, 0.2) is 12.4 Å². The van der Waals surface area contributed by atoms with Crippen LogP contribution in [0, 0.1) is 12.8 Å². The van der Waals surface area contributed by atoms with Crippen LogP contribution in [0.2, 0.25) is 0 Å². The van der Waals surface area contributed by atoms with Crippen LogP contribution in [0.4, 0.5) is 0 Å². The van der Waals surface area contributed by atoms with Crippen LogP contribution in [0.25, 0.3) is 10.6 Å².